The lowest BCUT2D eigenvalue weighted by atomic mass is 10.1. The maximum Gasteiger partial charge on any atom is 0.243 e. The summed E-state index contributed by atoms with van der Waals surface area (Å²) in [6.45, 7) is 5.97. The lowest BCUT2D eigenvalue weighted by Gasteiger charge is -2.28. The number of hydrogen-bond donors (Lipinski definition) is 1. The third-order valence-corrected chi connectivity index (χ3v) is 5.85. The molecule has 170 valence electrons. The molecule has 0 spiro atoms. The number of ether oxygens (including phenoxy) is 2. The summed E-state index contributed by atoms with van der Waals surface area (Å²) in [5.74, 6) is 0.986. The summed E-state index contributed by atoms with van der Waals surface area (Å²) in [7, 11) is -2.17. The van der Waals surface area contributed by atoms with Crippen molar-refractivity contribution >= 4 is 21.6 Å². The van der Waals surface area contributed by atoms with Crippen molar-refractivity contribution in [2.75, 3.05) is 24.2 Å². The molecule has 1 atom stereocenters. The summed E-state index contributed by atoms with van der Waals surface area (Å²) in [5, 5.41) is 2.84. The minimum absolute atomic E-state index is 0.110. The fourth-order valence-electron chi connectivity index (χ4n) is 3.25. The molecular weight excluding hydrogens is 416 g/mol. The molecule has 1 N–H and O–H groups in total. The molecule has 0 heterocycles. The Hall–Kier alpha value is -2.74. The van der Waals surface area contributed by atoms with Crippen molar-refractivity contribution in [3.05, 3.63) is 54.1 Å². The average Bonchev–Trinajstić information content (AvgIpc) is 2.70. The van der Waals surface area contributed by atoms with Crippen molar-refractivity contribution in [2.45, 2.75) is 45.8 Å². The highest BCUT2D eigenvalue weighted by Crippen LogP contribution is 2.25. The molecule has 0 fully saturated rings. The number of rotatable bonds is 11. The second kappa shape index (κ2) is 11.0. The fourth-order valence-corrected chi connectivity index (χ4v) is 4.42. The van der Waals surface area contributed by atoms with Crippen molar-refractivity contribution in [1.29, 1.82) is 0 Å². The Morgan fingerprint density at radius 1 is 1.06 bits per heavy atom. The van der Waals surface area contributed by atoms with E-state index >= 15 is 0 Å². The van der Waals surface area contributed by atoms with Gasteiger partial charge in [-0.25, -0.2) is 8.42 Å². The maximum absolute atomic E-state index is 12.7. The van der Waals surface area contributed by atoms with E-state index in [0.717, 1.165) is 34.7 Å². The van der Waals surface area contributed by atoms with E-state index < -0.39 is 16.1 Å². The lowest BCUT2D eigenvalue weighted by Crippen LogP contribution is -2.48. The first-order valence-corrected chi connectivity index (χ1v) is 12.1. The van der Waals surface area contributed by atoms with Crippen LogP contribution in [-0.4, -0.2) is 46.4 Å². The summed E-state index contributed by atoms with van der Waals surface area (Å²) in [6, 6.07) is 13.6. The average molecular weight is 449 g/mol. The summed E-state index contributed by atoms with van der Waals surface area (Å²) in [4.78, 5) is 12.7. The van der Waals surface area contributed by atoms with Crippen LogP contribution in [0.1, 0.15) is 32.8 Å². The third kappa shape index (κ3) is 7.47. The highest BCUT2D eigenvalue weighted by atomic mass is 32.2. The molecule has 0 saturated carbocycles. The number of carbonyl (C=O) groups excluding carboxylic acids is 1. The Bertz CT molecular complexity index is 975. The largest absolute Gasteiger partial charge is 0.497 e. The molecule has 1 amide bonds. The van der Waals surface area contributed by atoms with Gasteiger partial charge in [0.1, 0.15) is 17.5 Å². The monoisotopic (exact) mass is 448 g/mol. The molecule has 8 heteroatoms. The summed E-state index contributed by atoms with van der Waals surface area (Å²) in [6.07, 6.45) is 2.69. The van der Waals surface area contributed by atoms with Gasteiger partial charge in [0.2, 0.25) is 15.9 Å². The van der Waals surface area contributed by atoms with Gasteiger partial charge in [0, 0.05) is 12.6 Å². The van der Waals surface area contributed by atoms with Crippen molar-refractivity contribution in [1.82, 2.24) is 5.32 Å². The minimum atomic E-state index is -3.67. The quantitative estimate of drug-likeness (QED) is 0.533. The van der Waals surface area contributed by atoms with Gasteiger partial charge < -0.3 is 14.8 Å². The topological polar surface area (TPSA) is 84.9 Å². The molecule has 0 unspecified atom stereocenters. The SMILES string of the molecule is COc1cccc(N([C@H](C)C(=O)NCCCc2cccc(OC(C)C)c2)S(C)(=O)=O)c1. The van der Waals surface area contributed by atoms with Crippen molar-refractivity contribution in [2.24, 2.45) is 0 Å². The predicted octanol–water partition coefficient (Wildman–Crippen LogP) is 3.39. The number of hydrogen-bond acceptors (Lipinski definition) is 5. The number of carbonyl (C=O) groups is 1. The molecule has 2 aromatic rings. The summed E-state index contributed by atoms with van der Waals surface area (Å²) >= 11 is 0. The molecule has 0 aliphatic carbocycles. The van der Waals surface area contributed by atoms with Crippen LogP contribution in [0, 0.1) is 0 Å². The molecule has 0 radical (unpaired) electrons. The van der Waals surface area contributed by atoms with Crippen molar-refractivity contribution in [3.63, 3.8) is 0 Å². The second-order valence-corrected chi connectivity index (χ2v) is 9.50. The van der Waals surface area contributed by atoms with Gasteiger partial charge in [-0.15, -0.1) is 0 Å². The molecule has 31 heavy (non-hydrogen) atoms. The smallest absolute Gasteiger partial charge is 0.243 e. The Labute approximate surface area is 185 Å². The Morgan fingerprint density at radius 3 is 2.39 bits per heavy atom. The lowest BCUT2D eigenvalue weighted by molar-refractivity contribution is -0.121. The van der Waals surface area contributed by atoms with Gasteiger partial charge in [-0.1, -0.05) is 18.2 Å². The van der Waals surface area contributed by atoms with E-state index in [-0.39, 0.29) is 12.0 Å². The van der Waals surface area contributed by atoms with E-state index in [2.05, 4.69) is 5.32 Å². The molecule has 0 saturated heterocycles. The predicted molar refractivity (Wildman–Crippen MR) is 123 cm³/mol. The number of nitrogens with one attached hydrogen (secondary N) is 1. The molecule has 0 bridgehead atoms. The maximum atomic E-state index is 12.7. The number of benzene rings is 2. The zero-order valence-electron chi connectivity index (χ0n) is 18.8. The Morgan fingerprint density at radius 2 is 1.74 bits per heavy atom. The van der Waals surface area contributed by atoms with Crippen LogP contribution in [0.2, 0.25) is 0 Å². The van der Waals surface area contributed by atoms with Crippen LogP contribution in [-0.2, 0) is 21.2 Å². The van der Waals surface area contributed by atoms with Crippen LogP contribution in [0.5, 0.6) is 11.5 Å². The Balaban J connectivity index is 1.97. The van der Waals surface area contributed by atoms with Crippen LogP contribution < -0.4 is 19.1 Å². The molecule has 2 aromatic carbocycles. The highest BCUT2D eigenvalue weighted by Gasteiger charge is 2.29. The van der Waals surface area contributed by atoms with E-state index in [0.29, 0.717) is 18.0 Å². The number of sulfonamides is 1. The molecule has 7 nitrogen and oxygen atoms in total. The van der Waals surface area contributed by atoms with E-state index in [1.807, 2.05) is 38.1 Å². The van der Waals surface area contributed by atoms with Crippen LogP contribution in [0.15, 0.2) is 48.5 Å². The molecule has 0 aliphatic heterocycles. The number of nitrogens with zero attached hydrogens (tertiary/aromatic N) is 1. The second-order valence-electron chi connectivity index (χ2n) is 7.64. The van der Waals surface area contributed by atoms with E-state index in [1.165, 1.54) is 7.11 Å². The normalized spacial score (nSPS) is 12.3. The van der Waals surface area contributed by atoms with Gasteiger partial charge in [0.15, 0.2) is 0 Å². The Kier molecular flexibility index (Phi) is 8.74. The van der Waals surface area contributed by atoms with Crippen LogP contribution in [0.4, 0.5) is 5.69 Å². The summed E-state index contributed by atoms with van der Waals surface area (Å²) < 4.78 is 36.8. The first kappa shape index (κ1) is 24.5. The van der Waals surface area contributed by atoms with Crippen LogP contribution in [0.3, 0.4) is 0 Å². The first-order valence-electron chi connectivity index (χ1n) is 10.3. The fraction of sp³-hybridized carbons (Fsp3) is 0.435. The van der Waals surface area contributed by atoms with Crippen molar-refractivity contribution < 1.29 is 22.7 Å². The number of anilines is 1. The molecule has 0 aromatic heterocycles. The molecule has 0 aliphatic rings. The van der Waals surface area contributed by atoms with E-state index in [1.54, 1.807) is 31.2 Å². The molecular formula is C23H32N2O5S. The standard InChI is InChI=1S/C23H32N2O5S/c1-17(2)30-22-13-6-9-19(15-22)10-8-14-24-23(26)18(3)25(31(5,27)28)20-11-7-12-21(16-20)29-4/h6-7,9,11-13,15-18H,8,10,14H2,1-5H3,(H,24,26)/t18-/m1/s1. The third-order valence-electron chi connectivity index (χ3n) is 4.61. The van der Waals surface area contributed by atoms with Gasteiger partial charge in [0.25, 0.3) is 0 Å². The van der Waals surface area contributed by atoms with Gasteiger partial charge >= 0.3 is 0 Å². The number of methoxy groups -OCH3 is 1. The van der Waals surface area contributed by atoms with Crippen molar-refractivity contribution in [3.8, 4) is 11.5 Å². The van der Waals surface area contributed by atoms with Crippen LogP contribution in [0.25, 0.3) is 0 Å². The summed E-state index contributed by atoms with van der Waals surface area (Å²) in [5.41, 5.74) is 1.50. The van der Waals surface area contributed by atoms with Crippen LogP contribution >= 0.6 is 0 Å². The van der Waals surface area contributed by atoms with Gasteiger partial charge in [-0.3, -0.25) is 9.10 Å². The first-order chi connectivity index (χ1) is 14.6. The van der Waals surface area contributed by atoms with Gasteiger partial charge in [-0.05, 0) is 63.4 Å². The number of aryl methyl sites for hydroxylation is 1. The van der Waals surface area contributed by atoms with E-state index in [4.69, 9.17) is 9.47 Å². The van der Waals surface area contributed by atoms with Gasteiger partial charge in [0.05, 0.1) is 25.2 Å². The zero-order chi connectivity index (χ0) is 23.0. The molecule has 2 rings (SSSR count). The minimum Gasteiger partial charge on any atom is -0.497 e. The zero-order valence-corrected chi connectivity index (χ0v) is 19.6. The van der Waals surface area contributed by atoms with Gasteiger partial charge in [-0.2, -0.15) is 0 Å². The number of amides is 1. The van der Waals surface area contributed by atoms with E-state index in [9.17, 15) is 13.2 Å². The highest BCUT2D eigenvalue weighted by molar-refractivity contribution is 7.92.